The van der Waals surface area contributed by atoms with Gasteiger partial charge >= 0.3 is 33.1 Å². The second kappa shape index (κ2) is 7.50. The Morgan fingerprint density at radius 1 is 0.771 bits per heavy atom. The maximum Gasteiger partial charge on any atom is 0.647 e. The van der Waals surface area contributed by atoms with Gasteiger partial charge in [0.15, 0.2) is 16.4 Å². The van der Waals surface area contributed by atoms with Gasteiger partial charge in [-0.25, -0.2) is 0 Å². The molecule has 0 aromatic heterocycles. The van der Waals surface area contributed by atoms with E-state index in [9.17, 15) is 46.2 Å². The molecule has 35 heavy (non-hydrogen) atoms. The highest BCUT2D eigenvalue weighted by Gasteiger charge is 2.56. The predicted molar refractivity (Wildman–Crippen MR) is 120 cm³/mol. The van der Waals surface area contributed by atoms with Gasteiger partial charge in [0.25, 0.3) is 0 Å². The lowest BCUT2D eigenvalue weighted by Crippen LogP contribution is -2.21. The summed E-state index contributed by atoms with van der Waals surface area (Å²) in [6.45, 7) is 0. The molecule has 184 valence electrons. The summed E-state index contributed by atoms with van der Waals surface area (Å²) in [5.74, 6) is -2.90. The highest BCUT2D eigenvalue weighted by molar-refractivity contribution is 7.86. The lowest BCUT2D eigenvalue weighted by molar-refractivity contribution is 0.316. The van der Waals surface area contributed by atoms with Gasteiger partial charge in [-0.15, -0.1) is 0 Å². The zero-order chi connectivity index (χ0) is 25.6. The number of rotatable bonds is 5. The molecule has 13 nitrogen and oxygen atoms in total. The third-order valence-corrected chi connectivity index (χ3v) is 9.26. The Morgan fingerprint density at radius 3 is 1.94 bits per heavy atom. The molecule has 0 fully saturated rings. The summed E-state index contributed by atoms with van der Waals surface area (Å²) in [4.78, 5) is 39.1. The van der Waals surface area contributed by atoms with E-state index in [0.29, 0.717) is 11.1 Å². The predicted octanol–water partition coefficient (Wildman–Crippen LogP) is 2.15. The van der Waals surface area contributed by atoms with Gasteiger partial charge in [-0.2, -0.15) is 13.0 Å². The van der Waals surface area contributed by atoms with Gasteiger partial charge in [0.1, 0.15) is 5.30 Å². The molecule has 17 heteroatoms. The summed E-state index contributed by atoms with van der Waals surface area (Å²) in [5, 5.41) is -1.90. The monoisotopic (exact) mass is 562 g/mol. The second-order valence-corrected chi connectivity index (χ2v) is 13.3. The van der Waals surface area contributed by atoms with Crippen molar-refractivity contribution in [3.8, 4) is 39.5 Å². The molecule has 5 N–H and O–H groups in total. The molecule has 0 amide bonds. The first-order valence-electron chi connectivity index (χ1n) is 9.32. The number of hydrogen-bond acceptors (Lipinski definition) is 8. The first kappa shape index (κ1) is 24.2. The molecular weight excluding hydrogens is 549 g/mol. The third-order valence-electron chi connectivity index (χ3n) is 5.14. The number of fused-ring (bicyclic) bond motifs is 2. The molecule has 1 atom stereocenters. The quantitative estimate of drug-likeness (QED) is 0.223. The Bertz CT molecular complexity index is 1670. The van der Waals surface area contributed by atoms with Crippen molar-refractivity contribution in [2.24, 2.45) is 0 Å². The van der Waals surface area contributed by atoms with Gasteiger partial charge in [0.2, 0.25) is 5.75 Å². The average molecular weight is 562 g/mol. The largest absolute Gasteiger partial charge is 0.647 e. The first-order valence-corrected chi connectivity index (χ1v) is 15.4. The van der Waals surface area contributed by atoms with Crippen molar-refractivity contribution >= 4 is 43.7 Å². The van der Waals surface area contributed by atoms with E-state index in [0.717, 1.165) is 12.1 Å². The van der Waals surface area contributed by atoms with Crippen LogP contribution in [-0.2, 0) is 23.8 Å². The Balaban J connectivity index is 1.93. The van der Waals surface area contributed by atoms with Crippen molar-refractivity contribution in [1.29, 1.82) is 0 Å². The minimum atomic E-state index is -5.54. The van der Waals surface area contributed by atoms with Crippen LogP contribution in [0.15, 0.2) is 53.4 Å². The minimum absolute atomic E-state index is 0.339. The summed E-state index contributed by atoms with van der Waals surface area (Å²) in [7, 11) is -20.6. The summed E-state index contributed by atoms with van der Waals surface area (Å²) in [6.07, 6.45) is 0. The van der Waals surface area contributed by atoms with Gasteiger partial charge < -0.3 is 33.1 Å². The van der Waals surface area contributed by atoms with Crippen LogP contribution in [0.4, 0.5) is 0 Å². The summed E-state index contributed by atoms with van der Waals surface area (Å²) < 4.78 is 86.1. The van der Waals surface area contributed by atoms with Crippen LogP contribution in [0.25, 0.3) is 22.3 Å². The Morgan fingerprint density at radius 2 is 1.37 bits per heavy atom. The van der Waals surface area contributed by atoms with E-state index in [1.807, 2.05) is 0 Å². The Labute approximate surface area is 196 Å². The molecule has 5 rings (SSSR count). The molecule has 2 heterocycles. The molecule has 0 aliphatic carbocycles. The van der Waals surface area contributed by atoms with Crippen molar-refractivity contribution in [2.45, 2.75) is 4.90 Å². The summed E-state index contributed by atoms with van der Waals surface area (Å²) in [5.41, 5.74) is -0.277. The van der Waals surface area contributed by atoms with Gasteiger partial charge in [0.05, 0.1) is 5.30 Å². The fraction of sp³-hybridized carbons (Fsp3) is 0. The van der Waals surface area contributed by atoms with Crippen LogP contribution in [0.2, 0.25) is 0 Å². The molecule has 2 aliphatic heterocycles. The van der Waals surface area contributed by atoms with Crippen molar-refractivity contribution in [2.75, 3.05) is 0 Å². The van der Waals surface area contributed by atoms with Gasteiger partial charge in [-0.05, 0) is 17.2 Å². The van der Waals surface area contributed by atoms with Crippen molar-refractivity contribution in [1.82, 2.24) is 0 Å². The molecule has 3 aromatic rings. The van der Waals surface area contributed by atoms with Crippen LogP contribution in [0.1, 0.15) is 0 Å². The van der Waals surface area contributed by atoms with Crippen LogP contribution >= 0.6 is 23.0 Å². The lowest BCUT2D eigenvalue weighted by atomic mass is 9.99. The maximum atomic E-state index is 12.7. The fourth-order valence-electron chi connectivity index (χ4n) is 3.85. The zero-order valence-electron chi connectivity index (χ0n) is 16.9. The minimum Gasteiger partial charge on any atom is -0.383 e. The van der Waals surface area contributed by atoms with E-state index in [-0.39, 0.29) is 0 Å². The number of hydrogen-bond donors (Lipinski definition) is 5. The molecule has 0 saturated heterocycles. The SMILES string of the molecule is O=P12Oc3c(c(S(=O)(=O)O)c(c(P(=O)(O)O)c3-c3ccc(-c4ccccc4)cc3P(=O)(O)O)O1)O2. The second-order valence-electron chi connectivity index (χ2n) is 7.42. The molecule has 0 saturated carbocycles. The molecule has 3 bridgehead atoms. The van der Waals surface area contributed by atoms with Crippen LogP contribution < -0.4 is 24.2 Å². The molecule has 1 unspecified atom stereocenters. The van der Waals surface area contributed by atoms with Gasteiger partial charge in [-0.1, -0.05) is 42.5 Å². The fourth-order valence-corrected chi connectivity index (χ4v) is 7.92. The van der Waals surface area contributed by atoms with Crippen molar-refractivity contribution < 1.29 is 59.8 Å². The van der Waals surface area contributed by atoms with E-state index in [1.54, 1.807) is 30.3 Å². The van der Waals surface area contributed by atoms with Gasteiger partial charge in [-0.3, -0.25) is 13.7 Å². The van der Waals surface area contributed by atoms with Crippen LogP contribution in [-0.4, -0.2) is 32.5 Å². The van der Waals surface area contributed by atoms with Gasteiger partial charge in [0, 0.05) is 11.1 Å². The first-order chi connectivity index (χ1) is 16.1. The van der Waals surface area contributed by atoms with Crippen LogP contribution in [0.3, 0.4) is 0 Å². The molecule has 0 radical (unpaired) electrons. The standard InChI is InChI=1S/C18H13O13P3S/c19-32(20,21)12-8-10(9-4-2-1-3-5-9)6-7-11(12)13-14-15-18(35(26,27)28)16(17(13)33(22,23)24)31-34(25,29-14)30-15/h1-8H,(H2,19,20,21)(H2,22,23,24)(H,26,27,28). The van der Waals surface area contributed by atoms with E-state index < -0.39 is 77.0 Å². The highest BCUT2D eigenvalue weighted by Crippen LogP contribution is 2.70. The number of phosphoric acid groups is 1. The van der Waals surface area contributed by atoms with Crippen molar-refractivity contribution in [3.63, 3.8) is 0 Å². The maximum absolute atomic E-state index is 12.7. The zero-order valence-corrected chi connectivity index (χ0v) is 20.4. The van der Waals surface area contributed by atoms with E-state index >= 15 is 0 Å². The van der Waals surface area contributed by atoms with E-state index in [1.165, 1.54) is 6.07 Å². The number of phosphoric ester groups is 1. The normalized spacial score (nSPS) is 18.7. The summed E-state index contributed by atoms with van der Waals surface area (Å²) in [6, 6.07) is 12.0. The topological polar surface area (TPSA) is 214 Å². The molecule has 0 spiro atoms. The van der Waals surface area contributed by atoms with E-state index in [4.69, 9.17) is 13.6 Å². The van der Waals surface area contributed by atoms with Crippen molar-refractivity contribution in [3.05, 3.63) is 48.5 Å². The van der Waals surface area contributed by atoms with Crippen LogP contribution in [0.5, 0.6) is 17.2 Å². The molecule has 2 aliphatic rings. The van der Waals surface area contributed by atoms with E-state index in [2.05, 4.69) is 0 Å². The molecular formula is C18H13O13P3S. The smallest absolute Gasteiger partial charge is 0.383 e. The summed E-state index contributed by atoms with van der Waals surface area (Å²) >= 11 is 0. The lowest BCUT2D eigenvalue weighted by Gasteiger charge is -2.22. The average Bonchev–Trinajstić information content (AvgIpc) is 2.92. The van der Waals surface area contributed by atoms with Crippen LogP contribution in [0, 0.1) is 0 Å². The third kappa shape index (κ3) is 3.93. The Hall–Kier alpha value is -2.50. The number of benzene rings is 3. The molecule has 3 aromatic carbocycles. The highest BCUT2D eigenvalue weighted by atomic mass is 32.2. The Kier molecular flexibility index (Phi) is 5.19.